The van der Waals surface area contributed by atoms with Gasteiger partial charge in [0.1, 0.15) is 12.1 Å². The fourth-order valence-electron chi connectivity index (χ4n) is 2.54. The Balaban J connectivity index is 5.44. The van der Waals surface area contributed by atoms with Crippen molar-refractivity contribution in [2.45, 2.75) is 51.1 Å². The van der Waals surface area contributed by atoms with Gasteiger partial charge in [0.05, 0.1) is 6.54 Å². The minimum absolute atomic E-state index is 0.0916. The van der Waals surface area contributed by atoms with Crippen LogP contribution in [0.15, 0.2) is 4.99 Å². The molecule has 0 saturated heterocycles. The Labute approximate surface area is 163 Å². The fraction of sp³-hybridized carbons (Fsp3) is 0.688. The van der Waals surface area contributed by atoms with E-state index in [1.54, 1.807) is 6.92 Å². The van der Waals surface area contributed by atoms with Crippen molar-refractivity contribution in [1.29, 1.82) is 0 Å². The second-order valence-electron chi connectivity index (χ2n) is 6.09. The van der Waals surface area contributed by atoms with Gasteiger partial charge in [0, 0.05) is 19.5 Å². The molecule has 0 saturated carbocycles. The smallest absolute Gasteiger partial charge is 0.326 e. The number of nitrogens with one attached hydrogen (secondary N) is 1. The number of carbonyl (C=O) groups is 4. The summed E-state index contributed by atoms with van der Waals surface area (Å²) in [4.78, 5) is 52.1. The van der Waals surface area contributed by atoms with Crippen LogP contribution in [0.2, 0.25) is 0 Å². The van der Waals surface area contributed by atoms with Gasteiger partial charge in [-0.15, -0.1) is 0 Å². The van der Waals surface area contributed by atoms with Gasteiger partial charge < -0.3 is 37.6 Å². The van der Waals surface area contributed by atoms with Gasteiger partial charge in [0.15, 0.2) is 5.96 Å². The Hall–Kier alpha value is -2.89. The maximum Gasteiger partial charge on any atom is 0.326 e. The van der Waals surface area contributed by atoms with E-state index >= 15 is 0 Å². The van der Waals surface area contributed by atoms with E-state index in [-0.39, 0.29) is 44.9 Å². The highest BCUT2D eigenvalue weighted by molar-refractivity contribution is 5.91. The van der Waals surface area contributed by atoms with E-state index in [2.05, 4.69) is 10.3 Å². The third kappa shape index (κ3) is 9.71. The predicted molar refractivity (Wildman–Crippen MR) is 101 cm³/mol. The van der Waals surface area contributed by atoms with Crippen molar-refractivity contribution in [3.63, 3.8) is 0 Å². The molecule has 12 heteroatoms. The SMILES string of the molecule is CCCN(C(=O)[C@H](CCC(=O)O)NC(=O)CN)[C@@H](CCCN=C(N)N)C(=O)O. The maximum atomic E-state index is 12.9. The van der Waals surface area contributed by atoms with E-state index in [4.69, 9.17) is 22.3 Å². The Morgan fingerprint density at radius 1 is 1.14 bits per heavy atom. The molecule has 160 valence electrons. The number of aliphatic carboxylic acids is 2. The van der Waals surface area contributed by atoms with Gasteiger partial charge in [-0.3, -0.25) is 19.4 Å². The zero-order chi connectivity index (χ0) is 21.7. The average molecular weight is 402 g/mol. The summed E-state index contributed by atoms with van der Waals surface area (Å²) >= 11 is 0. The van der Waals surface area contributed by atoms with E-state index in [9.17, 15) is 24.3 Å². The normalized spacial score (nSPS) is 12.5. The lowest BCUT2D eigenvalue weighted by Crippen LogP contribution is -2.55. The second-order valence-corrected chi connectivity index (χ2v) is 6.09. The van der Waals surface area contributed by atoms with Crippen molar-refractivity contribution < 1.29 is 29.4 Å². The standard InChI is InChI=1S/C16H30N6O6/c1-2-8-22(11(15(27)28)4-3-7-20-16(18)19)14(26)10(5-6-13(24)25)21-12(23)9-17/h10-11H,2-9,17H2,1H3,(H,21,23)(H,24,25)(H,27,28)(H4,18,19,20)/t10-,11-/m0/s1. The first-order chi connectivity index (χ1) is 13.1. The van der Waals surface area contributed by atoms with E-state index in [1.807, 2.05) is 0 Å². The minimum atomic E-state index is -1.21. The molecule has 0 bridgehead atoms. The number of carbonyl (C=O) groups excluding carboxylic acids is 2. The van der Waals surface area contributed by atoms with Gasteiger partial charge in [-0.05, 0) is 25.7 Å². The number of guanidine groups is 1. The summed E-state index contributed by atoms with van der Waals surface area (Å²) in [5.74, 6) is -3.78. The molecular weight excluding hydrogens is 372 g/mol. The van der Waals surface area contributed by atoms with Crippen molar-refractivity contribution in [3.8, 4) is 0 Å². The first-order valence-electron chi connectivity index (χ1n) is 8.93. The number of amides is 2. The molecule has 0 aromatic carbocycles. The highest BCUT2D eigenvalue weighted by atomic mass is 16.4. The number of aliphatic imine (C=N–C) groups is 1. The van der Waals surface area contributed by atoms with Crippen LogP contribution in [0.1, 0.15) is 39.0 Å². The zero-order valence-electron chi connectivity index (χ0n) is 16.0. The molecule has 0 aromatic heterocycles. The van der Waals surface area contributed by atoms with Crippen molar-refractivity contribution in [2.24, 2.45) is 22.2 Å². The summed E-state index contributed by atoms with van der Waals surface area (Å²) in [7, 11) is 0. The number of rotatable bonds is 14. The van der Waals surface area contributed by atoms with Crippen LogP contribution in [0.4, 0.5) is 0 Å². The van der Waals surface area contributed by atoms with Crippen LogP contribution >= 0.6 is 0 Å². The molecule has 28 heavy (non-hydrogen) atoms. The molecular formula is C16H30N6O6. The van der Waals surface area contributed by atoms with Crippen molar-refractivity contribution in [2.75, 3.05) is 19.6 Å². The van der Waals surface area contributed by atoms with Crippen LogP contribution in [-0.4, -0.2) is 76.5 Å². The minimum Gasteiger partial charge on any atom is -0.481 e. The summed E-state index contributed by atoms with van der Waals surface area (Å²) in [6.45, 7) is 1.71. The van der Waals surface area contributed by atoms with Crippen molar-refractivity contribution in [3.05, 3.63) is 0 Å². The van der Waals surface area contributed by atoms with Gasteiger partial charge in [-0.25, -0.2) is 4.79 Å². The molecule has 0 heterocycles. The van der Waals surface area contributed by atoms with E-state index < -0.39 is 35.8 Å². The summed E-state index contributed by atoms with van der Waals surface area (Å²) < 4.78 is 0. The number of carboxylic acid groups (broad SMARTS) is 2. The largest absolute Gasteiger partial charge is 0.481 e. The lowest BCUT2D eigenvalue weighted by molar-refractivity contribution is -0.152. The molecule has 0 aliphatic rings. The van der Waals surface area contributed by atoms with Crippen LogP contribution in [-0.2, 0) is 19.2 Å². The van der Waals surface area contributed by atoms with E-state index in [0.717, 1.165) is 4.90 Å². The predicted octanol–water partition coefficient (Wildman–Crippen LogP) is -1.96. The second kappa shape index (κ2) is 13.3. The van der Waals surface area contributed by atoms with Gasteiger partial charge in [0.25, 0.3) is 0 Å². The number of nitrogens with two attached hydrogens (primary N) is 3. The van der Waals surface area contributed by atoms with Crippen LogP contribution in [0.3, 0.4) is 0 Å². The molecule has 2 amide bonds. The molecule has 2 atom stereocenters. The third-order valence-electron chi connectivity index (χ3n) is 3.80. The Morgan fingerprint density at radius 3 is 2.25 bits per heavy atom. The molecule has 0 aromatic rings. The summed E-state index contributed by atoms with van der Waals surface area (Å²) in [5.41, 5.74) is 15.7. The number of nitrogens with zero attached hydrogens (tertiary/aromatic N) is 2. The lowest BCUT2D eigenvalue weighted by atomic mass is 10.0. The first kappa shape index (κ1) is 25.1. The third-order valence-corrected chi connectivity index (χ3v) is 3.80. The molecule has 9 N–H and O–H groups in total. The van der Waals surface area contributed by atoms with Gasteiger partial charge >= 0.3 is 11.9 Å². The molecule has 0 spiro atoms. The molecule has 0 fully saturated rings. The molecule has 0 aliphatic carbocycles. The quantitative estimate of drug-likeness (QED) is 0.108. The molecule has 0 unspecified atom stereocenters. The number of hydrogen-bond donors (Lipinski definition) is 6. The van der Waals surface area contributed by atoms with E-state index in [1.165, 1.54) is 0 Å². The van der Waals surface area contributed by atoms with Gasteiger partial charge in [-0.1, -0.05) is 6.92 Å². The molecule has 12 nitrogen and oxygen atoms in total. The summed E-state index contributed by atoms with van der Waals surface area (Å²) in [6, 6.07) is -2.35. The van der Waals surface area contributed by atoms with Gasteiger partial charge in [-0.2, -0.15) is 0 Å². The van der Waals surface area contributed by atoms with Crippen molar-refractivity contribution >= 4 is 29.7 Å². The number of hydrogen-bond acceptors (Lipinski definition) is 6. The highest BCUT2D eigenvalue weighted by Gasteiger charge is 2.33. The van der Waals surface area contributed by atoms with Crippen LogP contribution in [0.5, 0.6) is 0 Å². The molecule has 0 rings (SSSR count). The Bertz CT molecular complexity index is 578. The van der Waals surface area contributed by atoms with Gasteiger partial charge in [0.2, 0.25) is 11.8 Å². The number of carboxylic acids is 2. The Morgan fingerprint density at radius 2 is 1.79 bits per heavy atom. The van der Waals surface area contributed by atoms with E-state index in [0.29, 0.717) is 12.8 Å². The summed E-state index contributed by atoms with van der Waals surface area (Å²) in [5, 5.41) is 20.8. The topological polar surface area (TPSA) is 214 Å². The average Bonchev–Trinajstić information content (AvgIpc) is 2.62. The Kier molecular flexibility index (Phi) is 11.9. The van der Waals surface area contributed by atoms with Crippen molar-refractivity contribution in [1.82, 2.24) is 10.2 Å². The lowest BCUT2D eigenvalue weighted by Gasteiger charge is -2.32. The van der Waals surface area contributed by atoms with Crippen LogP contribution in [0, 0.1) is 0 Å². The monoisotopic (exact) mass is 402 g/mol. The summed E-state index contributed by atoms with van der Waals surface area (Å²) in [6.07, 6.45) is 0.329. The first-order valence-corrected chi connectivity index (χ1v) is 8.93. The van der Waals surface area contributed by atoms with Crippen LogP contribution in [0.25, 0.3) is 0 Å². The maximum absolute atomic E-state index is 12.9. The van der Waals surface area contributed by atoms with Crippen LogP contribution < -0.4 is 22.5 Å². The highest BCUT2D eigenvalue weighted by Crippen LogP contribution is 2.13. The fourth-order valence-corrected chi connectivity index (χ4v) is 2.54. The zero-order valence-corrected chi connectivity index (χ0v) is 16.0. The molecule has 0 aliphatic heterocycles. The molecule has 0 radical (unpaired) electrons.